The van der Waals surface area contributed by atoms with Crippen molar-refractivity contribution < 1.29 is 9.72 Å². The van der Waals surface area contributed by atoms with Crippen LogP contribution in [0.2, 0.25) is 0 Å². The number of non-ortho nitro benzene ring substituents is 1. The van der Waals surface area contributed by atoms with Crippen molar-refractivity contribution in [2.75, 3.05) is 0 Å². The van der Waals surface area contributed by atoms with E-state index in [2.05, 4.69) is 4.68 Å². The fraction of sp³-hybridized carbons (Fsp3) is 0.474. The van der Waals surface area contributed by atoms with Gasteiger partial charge in [-0.25, -0.2) is 0 Å². The molecule has 1 aromatic carbocycles. The second kappa shape index (κ2) is 6.43. The normalized spacial score (nSPS) is 18.2. The van der Waals surface area contributed by atoms with Crippen LogP contribution < -0.4 is 0 Å². The minimum atomic E-state index is -0.412. The maximum absolute atomic E-state index is 12.6. The zero-order chi connectivity index (χ0) is 17.4. The molecule has 2 aliphatic rings. The third-order valence-corrected chi connectivity index (χ3v) is 5.38. The van der Waals surface area contributed by atoms with Crippen LogP contribution >= 0.6 is 0 Å². The van der Waals surface area contributed by atoms with Crippen LogP contribution in [0, 0.1) is 10.1 Å². The van der Waals surface area contributed by atoms with Gasteiger partial charge in [0.15, 0.2) is 5.78 Å². The molecular formula is C19H21N3O3. The second-order valence-corrected chi connectivity index (χ2v) is 6.99. The van der Waals surface area contributed by atoms with Crippen molar-refractivity contribution >= 4 is 11.5 Å². The number of nitro groups is 1. The van der Waals surface area contributed by atoms with E-state index in [1.54, 1.807) is 12.1 Å². The molecule has 0 unspecified atom stereocenters. The maximum Gasteiger partial charge on any atom is 0.269 e. The Morgan fingerprint density at radius 1 is 1.04 bits per heavy atom. The van der Waals surface area contributed by atoms with Crippen LogP contribution in [0.25, 0.3) is 11.3 Å². The van der Waals surface area contributed by atoms with E-state index in [1.165, 1.54) is 31.4 Å². The minimum Gasteiger partial charge on any atom is -0.294 e. The standard InChI is InChI=1S/C19H21N3O3/c23-17-8-4-7-16-18(17)19(13-9-11-15(12-10-13)22(24)25)20-21(16)14-5-2-1-3-6-14/h9-12,14H,1-8H2. The molecule has 0 atom stereocenters. The number of rotatable bonds is 3. The molecule has 0 aliphatic heterocycles. The molecule has 6 heteroatoms. The lowest BCUT2D eigenvalue weighted by molar-refractivity contribution is -0.384. The summed E-state index contributed by atoms with van der Waals surface area (Å²) in [6.45, 7) is 0. The largest absolute Gasteiger partial charge is 0.294 e. The predicted molar refractivity (Wildman–Crippen MR) is 93.7 cm³/mol. The fourth-order valence-corrected chi connectivity index (χ4v) is 4.11. The number of ketones is 1. The molecule has 2 aromatic rings. The van der Waals surface area contributed by atoms with E-state index in [1.807, 2.05) is 0 Å². The highest BCUT2D eigenvalue weighted by Gasteiger charge is 2.30. The number of aromatic nitrogens is 2. The molecule has 1 fully saturated rings. The Bertz CT molecular complexity index is 817. The van der Waals surface area contributed by atoms with Crippen LogP contribution in [0.15, 0.2) is 24.3 Å². The lowest BCUT2D eigenvalue weighted by Gasteiger charge is -2.25. The van der Waals surface area contributed by atoms with Crippen LogP contribution in [0.5, 0.6) is 0 Å². The van der Waals surface area contributed by atoms with Gasteiger partial charge in [-0.1, -0.05) is 19.3 Å². The summed E-state index contributed by atoms with van der Waals surface area (Å²) >= 11 is 0. The van der Waals surface area contributed by atoms with E-state index >= 15 is 0 Å². The topological polar surface area (TPSA) is 78.0 Å². The van der Waals surface area contributed by atoms with Crippen molar-refractivity contribution in [3.63, 3.8) is 0 Å². The number of hydrogen-bond donors (Lipinski definition) is 0. The number of carbonyl (C=O) groups excluding carboxylic acids is 1. The molecule has 6 nitrogen and oxygen atoms in total. The van der Waals surface area contributed by atoms with Gasteiger partial charge in [0.25, 0.3) is 5.69 Å². The summed E-state index contributed by atoms with van der Waals surface area (Å²) < 4.78 is 2.10. The molecule has 4 rings (SSSR count). The van der Waals surface area contributed by atoms with Gasteiger partial charge in [0.05, 0.1) is 22.2 Å². The monoisotopic (exact) mass is 339 g/mol. The Kier molecular flexibility index (Phi) is 4.11. The number of Topliss-reactive ketones (excluding diaryl/α,β-unsaturated/α-hetero) is 1. The lowest BCUT2D eigenvalue weighted by atomic mass is 9.91. The average molecular weight is 339 g/mol. The molecule has 0 N–H and O–H groups in total. The molecule has 0 spiro atoms. The maximum atomic E-state index is 12.6. The van der Waals surface area contributed by atoms with Crippen molar-refractivity contribution in [3.05, 3.63) is 45.6 Å². The number of nitro benzene ring substituents is 1. The van der Waals surface area contributed by atoms with Crippen molar-refractivity contribution in [1.82, 2.24) is 9.78 Å². The molecule has 1 aromatic heterocycles. The number of fused-ring (bicyclic) bond motifs is 1. The summed E-state index contributed by atoms with van der Waals surface area (Å²) in [6.07, 6.45) is 8.24. The van der Waals surface area contributed by atoms with Gasteiger partial charge in [0.2, 0.25) is 0 Å². The van der Waals surface area contributed by atoms with E-state index in [-0.39, 0.29) is 11.5 Å². The summed E-state index contributed by atoms with van der Waals surface area (Å²) in [7, 11) is 0. The number of nitrogens with zero attached hydrogens (tertiary/aromatic N) is 3. The molecular weight excluding hydrogens is 318 g/mol. The van der Waals surface area contributed by atoms with Crippen molar-refractivity contribution in [2.45, 2.75) is 57.4 Å². The molecule has 25 heavy (non-hydrogen) atoms. The first kappa shape index (κ1) is 16.0. The Balaban J connectivity index is 1.80. The third-order valence-electron chi connectivity index (χ3n) is 5.38. The zero-order valence-corrected chi connectivity index (χ0v) is 14.1. The molecule has 2 aliphatic carbocycles. The Labute approximate surface area is 146 Å². The smallest absolute Gasteiger partial charge is 0.269 e. The Morgan fingerprint density at radius 3 is 2.44 bits per heavy atom. The van der Waals surface area contributed by atoms with E-state index < -0.39 is 4.92 Å². The molecule has 0 bridgehead atoms. The lowest BCUT2D eigenvalue weighted by Crippen LogP contribution is -2.19. The molecule has 130 valence electrons. The van der Waals surface area contributed by atoms with Gasteiger partial charge in [0.1, 0.15) is 5.69 Å². The minimum absolute atomic E-state index is 0.0515. The van der Waals surface area contributed by atoms with Gasteiger partial charge >= 0.3 is 0 Å². The van der Waals surface area contributed by atoms with E-state index in [9.17, 15) is 14.9 Å². The second-order valence-electron chi connectivity index (χ2n) is 6.99. The van der Waals surface area contributed by atoms with Gasteiger partial charge in [-0.15, -0.1) is 0 Å². The van der Waals surface area contributed by atoms with Crippen LogP contribution in [0.4, 0.5) is 5.69 Å². The van der Waals surface area contributed by atoms with Gasteiger partial charge in [-0.2, -0.15) is 5.10 Å². The van der Waals surface area contributed by atoms with Gasteiger partial charge in [0, 0.05) is 24.1 Å². The van der Waals surface area contributed by atoms with Crippen molar-refractivity contribution in [3.8, 4) is 11.3 Å². The number of benzene rings is 1. The highest BCUT2D eigenvalue weighted by atomic mass is 16.6. The summed E-state index contributed by atoms with van der Waals surface area (Å²) in [5.41, 5.74) is 3.34. The first-order chi connectivity index (χ1) is 12.1. The molecule has 1 heterocycles. The molecule has 0 saturated heterocycles. The zero-order valence-electron chi connectivity index (χ0n) is 14.1. The van der Waals surface area contributed by atoms with Crippen molar-refractivity contribution in [1.29, 1.82) is 0 Å². The summed E-state index contributed by atoms with van der Waals surface area (Å²) in [5.74, 6) is 0.150. The molecule has 0 radical (unpaired) electrons. The van der Waals surface area contributed by atoms with Gasteiger partial charge in [-0.3, -0.25) is 19.6 Å². The first-order valence-electron chi connectivity index (χ1n) is 9.04. The highest BCUT2D eigenvalue weighted by molar-refractivity contribution is 6.03. The Hall–Kier alpha value is -2.50. The summed E-state index contributed by atoms with van der Waals surface area (Å²) in [4.78, 5) is 23.1. The van der Waals surface area contributed by atoms with E-state index in [4.69, 9.17) is 5.10 Å². The van der Waals surface area contributed by atoms with E-state index in [0.29, 0.717) is 18.2 Å². The van der Waals surface area contributed by atoms with Crippen molar-refractivity contribution in [2.24, 2.45) is 0 Å². The Morgan fingerprint density at radius 2 is 1.76 bits per heavy atom. The molecule has 1 saturated carbocycles. The third kappa shape index (κ3) is 2.86. The number of hydrogen-bond acceptors (Lipinski definition) is 4. The molecule has 0 amide bonds. The van der Waals surface area contributed by atoms with Crippen LogP contribution in [-0.2, 0) is 6.42 Å². The van der Waals surface area contributed by atoms with Crippen LogP contribution in [0.1, 0.15) is 67.0 Å². The summed E-state index contributed by atoms with van der Waals surface area (Å²) in [6, 6.07) is 6.74. The highest BCUT2D eigenvalue weighted by Crippen LogP contribution is 2.37. The predicted octanol–water partition coefficient (Wildman–Crippen LogP) is 4.48. The van der Waals surface area contributed by atoms with Crippen LogP contribution in [0.3, 0.4) is 0 Å². The SMILES string of the molecule is O=C1CCCc2c1c(-c1ccc([N+](=O)[O-])cc1)nn2C1CCCCC1. The quantitative estimate of drug-likeness (QED) is 0.610. The first-order valence-corrected chi connectivity index (χ1v) is 9.04. The average Bonchev–Trinajstić information content (AvgIpc) is 3.03. The fourth-order valence-electron chi connectivity index (χ4n) is 4.11. The van der Waals surface area contributed by atoms with Crippen LogP contribution in [-0.4, -0.2) is 20.5 Å². The van der Waals surface area contributed by atoms with Gasteiger partial charge in [-0.05, 0) is 37.8 Å². The summed E-state index contributed by atoms with van der Waals surface area (Å²) in [5, 5.41) is 15.7. The van der Waals surface area contributed by atoms with Gasteiger partial charge < -0.3 is 0 Å². The number of carbonyl (C=O) groups is 1. The van der Waals surface area contributed by atoms with E-state index in [0.717, 1.165) is 42.5 Å².